The second-order valence-corrected chi connectivity index (χ2v) is 8.69. The number of anilines is 1. The Morgan fingerprint density at radius 1 is 0.879 bits per heavy atom. The summed E-state index contributed by atoms with van der Waals surface area (Å²) in [6.45, 7) is 2.38. The molecule has 0 atom stereocenters. The van der Waals surface area contributed by atoms with Crippen LogP contribution < -0.4 is 4.90 Å². The number of carbonyl (C=O) groups excluding carboxylic acids is 1. The van der Waals surface area contributed by atoms with Gasteiger partial charge in [-0.05, 0) is 12.1 Å². The van der Waals surface area contributed by atoms with E-state index in [0.29, 0.717) is 42.4 Å². The number of benzene rings is 2. The van der Waals surface area contributed by atoms with Crippen LogP contribution in [-0.2, 0) is 0 Å². The van der Waals surface area contributed by atoms with E-state index in [-0.39, 0.29) is 5.91 Å². The number of amides is 1. The van der Waals surface area contributed by atoms with Gasteiger partial charge >= 0.3 is 0 Å². The van der Waals surface area contributed by atoms with Gasteiger partial charge in [-0.2, -0.15) is 5.26 Å². The second-order valence-electron chi connectivity index (χ2n) is 7.69. The van der Waals surface area contributed by atoms with Crippen LogP contribution in [0.3, 0.4) is 0 Å². The van der Waals surface area contributed by atoms with Crippen molar-refractivity contribution in [3.8, 4) is 27.9 Å². The number of aromatic nitrogens is 2. The van der Waals surface area contributed by atoms with Crippen LogP contribution in [0.15, 0.2) is 79.0 Å². The molecule has 1 aliphatic heterocycles. The van der Waals surface area contributed by atoms with Gasteiger partial charge in [0, 0.05) is 43.5 Å². The summed E-state index contributed by atoms with van der Waals surface area (Å²) in [7, 11) is 0. The molecule has 162 valence electrons. The van der Waals surface area contributed by atoms with Gasteiger partial charge in [-0.3, -0.25) is 4.79 Å². The second kappa shape index (κ2) is 9.23. The standard InChI is InChI=1S/C26H21N5OS/c27-18-21-12-7-13-28-24(21)30-14-16-31(17-15-30)26(32)23-22(19-8-3-1-4-9-19)29-25(33-23)20-10-5-2-6-11-20/h1-13H,14-17H2. The first kappa shape index (κ1) is 20.9. The molecule has 6 nitrogen and oxygen atoms in total. The van der Waals surface area contributed by atoms with Crippen LogP contribution in [0.1, 0.15) is 15.2 Å². The first-order chi connectivity index (χ1) is 16.2. The Kier molecular flexibility index (Phi) is 5.83. The van der Waals surface area contributed by atoms with Crippen molar-refractivity contribution in [3.63, 3.8) is 0 Å². The van der Waals surface area contributed by atoms with Gasteiger partial charge in [-0.25, -0.2) is 9.97 Å². The third kappa shape index (κ3) is 4.21. The van der Waals surface area contributed by atoms with Crippen molar-refractivity contribution in [2.24, 2.45) is 0 Å². The summed E-state index contributed by atoms with van der Waals surface area (Å²) in [4.78, 5) is 27.5. The number of pyridine rings is 1. The highest BCUT2D eigenvalue weighted by atomic mass is 32.1. The summed E-state index contributed by atoms with van der Waals surface area (Å²) < 4.78 is 0. The molecule has 3 heterocycles. The molecule has 1 fully saturated rings. The molecular weight excluding hydrogens is 430 g/mol. The van der Waals surface area contributed by atoms with Crippen molar-refractivity contribution in [1.82, 2.24) is 14.9 Å². The van der Waals surface area contributed by atoms with Gasteiger partial charge in [0.15, 0.2) is 0 Å². The Morgan fingerprint density at radius 3 is 2.21 bits per heavy atom. The molecule has 4 aromatic rings. The first-order valence-electron chi connectivity index (χ1n) is 10.8. The zero-order valence-corrected chi connectivity index (χ0v) is 18.7. The van der Waals surface area contributed by atoms with E-state index in [0.717, 1.165) is 21.8 Å². The number of thiazole rings is 1. The van der Waals surface area contributed by atoms with Crippen LogP contribution in [0, 0.1) is 11.3 Å². The van der Waals surface area contributed by atoms with E-state index in [1.54, 1.807) is 18.3 Å². The van der Waals surface area contributed by atoms with Gasteiger partial charge in [-0.1, -0.05) is 60.7 Å². The van der Waals surface area contributed by atoms with E-state index < -0.39 is 0 Å². The minimum Gasteiger partial charge on any atom is -0.352 e. The molecule has 0 aliphatic carbocycles. The SMILES string of the molecule is N#Cc1cccnc1N1CCN(C(=O)c2sc(-c3ccccc3)nc2-c2ccccc2)CC1. The van der Waals surface area contributed by atoms with Crippen molar-refractivity contribution in [1.29, 1.82) is 5.26 Å². The van der Waals surface area contributed by atoms with Crippen LogP contribution in [0.2, 0.25) is 0 Å². The van der Waals surface area contributed by atoms with Crippen LogP contribution in [0.4, 0.5) is 5.82 Å². The number of hydrogen-bond donors (Lipinski definition) is 0. The van der Waals surface area contributed by atoms with Crippen molar-refractivity contribution in [2.75, 3.05) is 31.1 Å². The molecule has 2 aromatic carbocycles. The molecule has 1 amide bonds. The summed E-state index contributed by atoms with van der Waals surface area (Å²) in [5.74, 6) is 0.677. The van der Waals surface area contributed by atoms with Gasteiger partial charge in [0.2, 0.25) is 0 Å². The molecule has 0 unspecified atom stereocenters. The highest BCUT2D eigenvalue weighted by molar-refractivity contribution is 7.17. The van der Waals surface area contributed by atoms with Crippen molar-refractivity contribution in [2.45, 2.75) is 0 Å². The average Bonchev–Trinajstić information content (AvgIpc) is 3.35. The normalized spacial score (nSPS) is 13.5. The fourth-order valence-electron chi connectivity index (χ4n) is 3.96. The average molecular weight is 452 g/mol. The molecule has 33 heavy (non-hydrogen) atoms. The fraction of sp³-hybridized carbons (Fsp3) is 0.154. The zero-order chi connectivity index (χ0) is 22.6. The maximum Gasteiger partial charge on any atom is 0.266 e. The van der Waals surface area contributed by atoms with E-state index in [1.165, 1.54) is 11.3 Å². The summed E-state index contributed by atoms with van der Waals surface area (Å²) in [5.41, 5.74) is 3.22. The lowest BCUT2D eigenvalue weighted by molar-refractivity contribution is 0.0752. The number of piperazine rings is 1. The summed E-state index contributed by atoms with van der Waals surface area (Å²) in [6.07, 6.45) is 1.70. The van der Waals surface area contributed by atoms with Crippen molar-refractivity contribution >= 4 is 23.1 Å². The van der Waals surface area contributed by atoms with E-state index in [9.17, 15) is 10.1 Å². The summed E-state index contributed by atoms with van der Waals surface area (Å²) in [5, 5.41) is 10.2. The number of carbonyl (C=O) groups is 1. The quantitative estimate of drug-likeness (QED) is 0.449. The smallest absolute Gasteiger partial charge is 0.266 e. The maximum atomic E-state index is 13.6. The van der Waals surface area contributed by atoms with Gasteiger partial charge in [0.25, 0.3) is 5.91 Å². The largest absolute Gasteiger partial charge is 0.352 e. The minimum atomic E-state index is -0.00490. The predicted octanol–water partition coefficient (Wildman–Crippen LogP) is 4.71. The number of nitriles is 1. The van der Waals surface area contributed by atoms with Crippen molar-refractivity contribution < 1.29 is 4.79 Å². The highest BCUT2D eigenvalue weighted by Crippen LogP contribution is 2.35. The van der Waals surface area contributed by atoms with Gasteiger partial charge < -0.3 is 9.80 Å². The number of hydrogen-bond acceptors (Lipinski definition) is 6. The molecule has 0 N–H and O–H groups in total. The molecule has 1 saturated heterocycles. The molecule has 0 spiro atoms. The Labute approximate surface area is 196 Å². The van der Waals surface area contributed by atoms with Gasteiger partial charge in [-0.15, -0.1) is 11.3 Å². The number of rotatable bonds is 4. The lowest BCUT2D eigenvalue weighted by Gasteiger charge is -2.35. The fourth-order valence-corrected chi connectivity index (χ4v) is 5.02. The molecule has 0 radical (unpaired) electrons. The first-order valence-corrected chi connectivity index (χ1v) is 11.6. The molecule has 2 aromatic heterocycles. The molecule has 7 heteroatoms. The van der Waals surface area contributed by atoms with Crippen LogP contribution in [0.5, 0.6) is 0 Å². The summed E-state index contributed by atoms with van der Waals surface area (Å²) >= 11 is 1.44. The topological polar surface area (TPSA) is 73.1 Å². The van der Waals surface area contributed by atoms with Crippen LogP contribution in [0.25, 0.3) is 21.8 Å². The highest BCUT2D eigenvalue weighted by Gasteiger charge is 2.28. The number of nitrogens with zero attached hydrogens (tertiary/aromatic N) is 5. The van der Waals surface area contributed by atoms with E-state index in [2.05, 4.69) is 16.0 Å². The molecular formula is C26H21N5OS. The minimum absolute atomic E-state index is 0.00490. The third-order valence-corrected chi connectivity index (χ3v) is 6.76. The van der Waals surface area contributed by atoms with Gasteiger partial charge in [0.1, 0.15) is 21.8 Å². The molecule has 0 saturated carbocycles. The molecule has 1 aliphatic rings. The van der Waals surface area contributed by atoms with Crippen LogP contribution >= 0.6 is 11.3 Å². The van der Waals surface area contributed by atoms with Crippen LogP contribution in [-0.4, -0.2) is 47.0 Å². The Hall–Kier alpha value is -4.02. The van der Waals surface area contributed by atoms with Crippen molar-refractivity contribution in [3.05, 3.63) is 89.4 Å². The molecule has 5 rings (SSSR count). The lowest BCUT2D eigenvalue weighted by Crippen LogP contribution is -2.49. The predicted molar refractivity (Wildman–Crippen MR) is 130 cm³/mol. The van der Waals surface area contributed by atoms with Gasteiger partial charge in [0.05, 0.1) is 11.3 Å². The molecule has 0 bridgehead atoms. The van der Waals surface area contributed by atoms with E-state index in [4.69, 9.17) is 4.98 Å². The summed E-state index contributed by atoms with van der Waals surface area (Å²) in [6, 6.07) is 25.6. The zero-order valence-electron chi connectivity index (χ0n) is 17.9. The Balaban J connectivity index is 1.42. The van der Waals surface area contributed by atoms with E-state index in [1.807, 2.05) is 65.6 Å². The monoisotopic (exact) mass is 451 g/mol. The van der Waals surface area contributed by atoms with E-state index >= 15 is 0 Å². The lowest BCUT2D eigenvalue weighted by atomic mass is 10.1. The maximum absolute atomic E-state index is 13.6. The third-order valence-electron chi connectivity index (χ3n) is 5.66. The Morgan fingerprint density at radius 2 is 1.55 bits per heavy atom. The Bertz CT molecular complexity index is 1310.